The van der Waals surface area contributed by atoms with Gasteiger partial charge in [-0.05, 0) is 48.7 Å². The summed E-state index contributed by atoms with van der Waals surface area (Å²) >= 11 is 0. The van der Waals surface area contributed by atoms with Crippen LogP contribution in [0, 0.1) is 0 Å². The van der Waals surface area contributed by atoms with Gasteiger partial charge < -0.3 is 14.8 Å². The number of fused-ring (bicyclic) bond motifs is 1. The third-order valence-electron chi connectivity index (χ3n) is 4.01. The van der Waals surface area contributed by atoms with E-state index in [0.29, 0.717) is 24.8 Å². The lowest BCUT2D eigenvalue weighted by Gasteiger charge is -2.30. The van der Waals surface area contributed by atoms with Crippen molar-refractivity contribution in [3.05, 3.63) is 59.7 Å². The van der Waals surface area contributed by atoms with E-state index in [1.165, 1.54) is 11.1 Å². The Morgan fingerprint density at radius 3 is 2.48 bits per heavy atom. The average molecular weight is 311 g/mol. The summed E-state index contributed by atoms with van der Waals surface area (Å²) in [5.74, 6) is 1.80. The van der Waals surface area contributed by atoms with Gasteiger partial charge in [-0.3, -0.25) is 4.79 Å². The third kappa shape index (κ3) is 3.83. The zero-order valence-corrected chi connectivity index (χ0v) is 13.2. The standard InChI is InChI=1S/C19H21NO3/c1-2-22-16-7-9-17(10-8-16)23-13-19(21)20-12-15-11-14-5-3-4-6-18(14)15/h3-10,15H,2,11-13H2,1H3,(H,20,21)/t15-/m1/s1. The lowest BCUT2D eigenvalue weighted by Crippen LogP contribution is -2.35. The van der Waals surface area contributed by atoms with Gasteiger partial charge >= 0.3 is 0 Å². The summed E-state index contributed by atoms with van der Waals surface area (Å²) in [6.07, 6.45) is 1.04. The maximum Gasteiger partial charge on any atom is 0.257 e. The van der Waals surface area contributed by atoms with Crippen LogP contribution in [0.2, 0.25) is 0 Å². The molecule has 0 bridgehead atoms. The molecule has 4 heteroatoms. The van der Waals surface area contributed by atoms with E-state index in [0.717, 1.165) is 12.2 Å². The highest BCUT2D eigenvalue weighted by Crippen LogP contribution is 2.33. The van der Waals surface area contributed by atoms with E-state index in [1.54, 1.807) is 12.1 Å². The van der Waals surface area contributed by atoms with Crippen LogP contribution in [0.5, 0.6) is 11.5 Å². The number of nitrogens with one attached hydrogen (secondary N) is 1. The minimum atomic E-state index is -0.0942. The first kappa shape index (κ1) is 15.4. The number of ether oxygens (including phenoxy) is 2. The SMILES string of the molecule is CCOc1ccc(OCC(=O)NC[C@H]2Cc3ccccc32)cc1. The van der Waals surface area contributed by atoms with E-state index in [-0.39, 0.29) is 12.5 Å². The van der Waals surface area contributed by atoms with Gasteiger partial charge in [0.15, 0.2) is 6.61 Å². The van der Waals surface area contributed by atoms with Crippen molar-refractivity contribution in [2.75, 3.05) is 19.8 Å². The fourth-order valence-corrected chi connectivity index (χ4v) is 2.78. The van der Waals surface area contributed by atoms with E-state index in [9.17, 15) is 4.79 Å². The molecule has 1 N–H and O–H groups in total. The van der Waals surface area contributed by atoms with E-state index in [2.05, 4.69) is 23.5 Å². The molecule has 0 saturated carbocycles. The van der Waals surface area contributed by atoms with Crippen molar-refractivity contribution in [2.24, 2.45) is 0 Å². The van der Waals surface area contributed by atoms with E-state index in [4.69, 9.17) is 9.47 Å². The smallest absolute Gasteiger partial charge is 0.257 e. The highest BCUT2D eigenvalue weighted by molar-refractivity contribution is 5.77. The molecule has 1 atom stereocenters. The van der Waals surface area contributed by atoms with Crippen LogP contribution in [0.1, 0.15) is 24.0 Å². The maximum absolute atomic E-state index is 11.9. The van der Waals surface area contributed by atoms with Gasteiger partial charge in [0.25, 0.3) is 5.91 Å². The Labute approximate surface area is 136 Å². The van der Waals surface area contributed by atoms with Gasteiger partial charge in [0, 0.05) is 12.5 Å². The largest absolute Gasteiger partial charge is 0.494 e. The van der Waals surface area contributed by atoms with E-state index >= 15 is 0 Å². The molecule has 0 aromatic heterocycles. The second-order valence-electron chi connectivity index (χ2n) is 5.60. The average Bonchev–Trinajstić information content (AvgIpc) is 2.55. The van der Waals surface area contributed by atoms with Crippen molar-refractivity contribution >= 4 is 5.91 Å². The van der Waals surface area contributed by atoms with Gasteiger partial charge in [-0.25, -0.2) is 0 Å². The van der Waals surface area contributed by atoms with Crippen molar-refractivity contribution in [1.82, 2.24) is 5.32 Å². The molecule has 3 rings (SSSR count). The molecule has 2 aromatic carbocycles. The number of carbonyl (C=O) groups is 1. The fourth-order valence-electron chi connectivity index (χ4n) is 2.78. The first-order valence-corrected chi connectivity index (χ1v) is 7.96. The van der Waals surface area contributed by atoms with Crippen LogP contribution in [0.3, 0.4) is 0 Å². The molecule has 0 heterocycles. The Hall–Kier alpha value is -2.49. The molecule has 23 heavy (non-hydrogen) atoms. The molecule has 0 unspecified atom stereocenters. The molecule has 1 amide bonds. The fraction of sp³-hybridized carbons (Fsp3) is 0.316. The van der Waals surface area contributed by atoms with Gasteiger partial charge in [-0.15, -0.1) is 0 Å². The molecular formula is C19H21NO3. The minimum Gasteiger partial charge on any atom is -0.494 e. The molecule has 0 spiro atoms. The predicted molar refractivity (Wildman–Crippen MR) is 89.0 cm³/mol. The number of benzene rings is 2. The number of hydrogen-bond donors (Lipinski definition) is 1. The lowest BCUT2D eigenvalue weighted by atomic mass is 9.77. The Kier molecular flexibility index (Phi) is 4.81. The van der Waals surface area contributed by atoms with Gasteiger partial charge in [0.2, 0.25) is 0 Å². The van der Waals surface area contributed by atoms with Crippen LogP contribution in [0.25, 0.3) is 0 Å². The van der Waals surface area contributed by atoms with Gasteiger partial charge in [0.1, 0.15) is 11.5 Å². The van der Waals surface area contributed by atoms with Crippen molar-refractivity contribution in [1.29, 1.82) is 0 Å². The number of amides is 1. The summed E-state index contributed by atoms with van der Waals surface area (Å²) in [6.45, 7) is 3.27. The lowest BCUT2D eigenvalue weighted by molar-refractivity contribution is -0.123. The summed E-state index contributed by atoms with van der Waals surface area (Å²) in [4.78, 5) is 11.9. The quantitative estimate of drug-likeness (QED) is 0.855. The van der Waals surface area contributed by atoms with Crippen LogP contribution < -0.4 is 14.8 Å². The third-order valence-corrected chi connectivity index (χ3v) is 4.01. The minimum absolute atomic E-state index is 0.0301. The van der Waals surface area contributed by atoms with Gasteiger partial charge in [-0.2, -0.15) is 0 Å². The van der Waals surface area contributed by atoms with Crippen molar-refractivity contribution in [3.8, 4) is 11.5 Å². The summed E-state index contributed by atoms with van der Waals surface area (Å²) in [7, 11) is 0. The monoisotopic (exact) mass is 311 g/mol. The van der Waals surface area contributed by atoms with Crippen LogP contribution in [-0.4, -0.2) is 25.7 Å². The molecule has 1 aliphatic rings. The molecule has 0 fully saturated rings. The molecule has 2 aromatic rings. The Balaban J connectivity index is 1.40. The Bertz CT molecular complexity index is 667. The molecule has 0 radical (unpaired) electrons. The summed E-state index contributed by atoms with van der Waals surface area (Å²) in [5, 5.41) is 2.94. The molecule has 0 saturated heterocycles. The second kappa shape index (κ2) is 7.18. The number of hydrogen-bond acceptors (Lipinski definition) is 3. The predicted octanol–water partition coefficient (Wildman–Crippen LogP) is 2.92. The molecule has 4 nitrogen and oxygen atoms in total. The van der Waals surface area contributed by atoms with E-state index in [1.807, 2.05) is 25.1 Å². The number of carbonyl (C=O) groups excluding carboxylic acids is 1. The van der Waals surface area contributed by atoms with Gasteiger partial charge in [0.05, 0.1) is 6.61 Å². The maximum atomic E-state index is 11.9. The molecular weight excluding hydrogens is 290 g/mol. The zero-order valence-electron chi connectivity index (χ0n) is 13.2. The molecule has 0 aliphatic heterocycles. The highest BCUT2D eigenvalue weighted by atomic mass is 16.5. The van der Waals surface area contributed by atoms with Crippen molar-refractivity contribution in [3.63, 3.8) is 0 Å². The Morgan fingerprint density at radius 2 is 1.78 bits per heavy atom. The second-order valence-corrected chi connectivity index (χ2v) is 5.60. The summed E-state index contributed by atoms with van der Waals surface area (Å²) < 4.78 is 10.9. The normalized spacial score (nSPS) is 15.3. The summed E-state index contributed by atoms with van der Waals surface area (Å²) in [6, 6.07) is 15.7. The van der Waals surface area contributed by atoms with Crippen LogP contribution >= 0.6 is 0 Å². The topological polar surface area (TPSA) is 47.6 Å². The van der Waals surface area contributed by atoms with Gasteiger partial charge in [-0.1, -0.05) is 24.3 Å². The van der Waals surface area contributed by atoms with Crippen molar-refractivity contribution in [2.45, 2.75) is 19.3 Å². The molecule has 1 aliphatic carbocycles. The molecule has 120 valence electrons. The zero-order chi connectivity index (χ0) is 16.1. The van der Waals surface area contributed by atoms with Crippen molar-refractivity contribution < 1.29 is 14.3 Å². The van der Waals surface area contributed by atoms with Crippen LogP contribution in [0.15, 0.2) is 48.5 Å². The highest BCUT2D eigenvalue weighted by Gasteiger charge is 2.25. The first-order valence-electron chi connectivity index (χ1n) is 7.96. The summed E-state index contributed by atoms with van der Waals surface area (Å²) in [5.41, 5.74) is 2.73. The van der Waals surface area contributed by atoms with Crippen LogP contribution in [-0.2, 0) is 11.2 Å². The first-order chi connectivity index (χ1) is 11.3. The van der Waals surface area contributed by atoms with Crippen LogP contribution in [0.4, 0.5) is 0 Å². The number of rotatable bonds is 7. The van der Waals surface area contributed by atoms with E-state index < -0.39 is 0 Å². The Morgan fingerprint density at radius 1 is 1.09 bits per heavy atom.